The summed E-state index contributed by atoms with van der Waals surface area (Å²) in [7, 11) is 9.90. The summed E-state index contributed by atoms with van der Waals surface area (Å²) in [5.41, 5.74) is 2.90. The number of anilines is 2. The van der Waals surface area contributed by atoms with E-state index in [4.69, 9.17) is 19.8 Å². The van der Waals surface area contributed by atoms with Crippen molar-refractivity contribution >= 4 is 94.2 Å². The standard InChI is InChI=1S/2C21H24N4O4.C13H9FN2O4.C9H17N.2C2HF3O2.2CH4/c2*1-22-15-5-3-4-6-16(15)24(2)12-7-8-13-14(11-12)21(29)25(20(13)28)17-9-10-18(26)23-19(17)27;14-6-1-2-7-8(5-6)13(20)16(12(7)19)9-3-4-10(17)15-11(9)18;1-3-8-6-4-5-7-9(8)10-2;2*3-2(4,5)1(6)7;;/h2*3-4,7-8,11,15-17,22H,5-6,9-10H2,1-2H3,(H,23,26,27);1-2,5,9H,3-4H2,(H,15,17,18);4-5,8-10H,3,6-7H2,1-2H3;2*(H,6,7);2*1H4/t2*15-,16-,17?;;;;;;/m10....../s1. The molecule has 34 heteroatoms. The van der Waals surface area contributed by atoms with Crippen LogP contribution in [0.4, 0.5) is 42.1 Å². The molecule has 8 N–H and O–H groups in total. The van der Waals surface area contributed by atoms with Crippen molar-refractivity contribution in [1.29, 1.82) is 0 Å². The molecule has 3 aromatic rings. The van der Waals surface area contributed by atoms with Crippen molar-refractivity contribution in [2.24, 2.45) is 5.92 Å². The van der Waals surface area contributed by atoms with E-state index in [1.165, 1.54) is 25.3 Å². The number of rotatable bonds is 11. The minimum Gasteiger partial charge on any atom is -0.475 e. The number of carboxylic acid groups (broad SMARTS) is 2. The molecule has 6 heterocycles. The number of allylic oxidation sites excluding steroid dienone is 1. The summed E-state index contributed by atoms with van der Waals surface area (Å²) in [5, 5.41) is 30.8. The first-order valence-electron chi connectivity index (χ1n) is 32.3. The van der Waals surface area contributed by atoms with Gasteiger partial charge in [0.15, 0.2) is 0 Å². The van der Waals surface area contributed by atoms with Crippen molar-refractivity contribution in [2.75, 3.05) is 45.0 Å². The van der Waals surface area contributed by atoms with Crippen LogP contribution in [0.25, 0.3) is 0 Å². The maximum absolute atomic E-state index is 13.2. The fourth-order valence-corrected chi connectivity index (χ4v) is 12.9. The van der Waals surface area contributed by atoms with Gasteiger partial charge in [-0.05, 0) is 139 Å². The first-order valence-corrected chi connectivity index (χ1v) is 32.3. The van der Waals surface area contributed by atoms with E-state index in [-0.39, 0.29) is 100 Å². The zero-order valence-corrected chi connectivity index (χ0v) is 56.0. The summed E-state index contributed by atoms with van der Waals surface area (Å²) in [4.78, 5) is 171. The lowest BCUT2D eigenvalue weighted by Gasteiger charge is -2.37. The monoisotopic (exact) mass is 1470 g/mol. The quantitative estimate of drug-likeness (QED) is 0.0586. The molecule has 104 heavy (non-hydrogen) atoms. The average molecular weight is 1470 g/mol. The molecule has 9 atom stereocenters. The fraction of sp³-hybridized carbons (Fsp3) is 0.457. The molecule has 12 rings (SSSR count). The van der Waals surface area contributed by atoms with Crippen LogP contribution in [-0.2, 0) is 38.4 Å². The zero-order valence-electron chi connectivity index (χ0n) is 56.0. The van der Waals surface area contributed by atoms with Crippen molar-refractivity contribution in [3.05, 3.63) is 130 Å². The number of alkyl halides is 6. The minimum atomic E-state index is -5.08. The molecule has 6 aliphatic heterocycles. The molecule has 3 saturated heterocycles. The summed E-state index contributed by atoms with van der Waals surface area (Å²) in [5.74, 6) is -11.6. The molecule has 5 unspecified atom stereocenters. The molecule has 0 saturated carbocycles. The summed E-state index contributed by atoms with van der Waals surface area (Å²) in [6.45, 7) is 2.27. The maximum atomic E-state index is 13.2. The maximum Gasteiger partial charge on any atom is 0.490 e. The van der Waals surface area contributed by atoms with E-state index in [2.05, 4.69) is 92.1 Å². The summed E-state index contributed by atoms with van der Waals surface area (Å²) in [6.07, 6.45) is 11.1. The smallest absolute Gasteiger partial charge is 0.475 e. The largest absolute Gasteiger partial charge is 0.490 e. The summed E-state index contributed by atoms with van der Waals surface area (Å²) in [6, 6.07) is 12.5. The van der Waals surface area contributed by atoms with Gasteiger partial charge >= 0.3 is 24.3 Å². The van der Waals surface area contributed by atoms with Crippen molar-refractivity contribution in [3.8, 4) is 0 Å². The van der Waals surface area contributed by atoms with Gasteiger partial charge in [-0.3, -0.25) is 88.2 Å². The Morgan fingerprint density at radius 1 is 0.452 bits per heavy atom. The van der Waals surface area contributed by atoms with E-state index in [1.807, 2.05) is 40.3 Å². The lowest BCUT2D eigenvalue weighted by Crippen LogP contribution is -2.54. The Balaban J connectivity index is 0.000000242. The molecule has 0 bridgehead atoms. The van der Waals surface area contributed by atoms with Gasteiger partial charge in [0.05, 0.1) is 33.4 Å². The van der Waals surface area contributed by atoms with E-state index in [0.29, 0.717) is 22.3 Å². The lowest BCUT2D eigenvalue weighted by molar-refractivity contribution is -0.193. The van der Waals surface area contributed by atoms with Gasteiger partial charge < -0.3 is 36.0 Å². The predicted octanol–water partition coefficient (Wildman–Crippen LogP) is 6.38. The van der Waals surface area contributed by atoms with Crippen LogP contribution >= 0.6 is 0 Å². The molecule has 0 radical (unpaired) electrons. The number of nitrogens with zero attached hydrogens (tertiary/aromatic N) is 5. The van der Waals surface area contributed by atoms with Gasteiger partial charge in [0.25, 0.3) is 35.4 Å². The van der Waals surface area contributed by atoms with Gasteiger partial charge in [-0.25, -0.2) is 14.0 Å². The Kier molecular flexibility index (Phi) is 29.3. The predicted molar refractivity (Wildman–Crippen MR) is 362 cm³/mol. The molecule has 564 valence electrons. The van der Waals surface area contributed by atoms with E-state index in [1.54, 1.807) is 24.3 Å². The second-order valence-corrected chi connectivity index (χ2v) is 24.6. The Hall–Kier alpha value is -10.4. The first kappa shape index (κ1) is 84.3. The van der Waals surface area contributed by atoms with Gasteiger partial charge in [0, 0.05) is 74.9 Å². The van der Waals surface area contributed by atoms with Gasteiger partial charge in [-0.2, -0.15) is 26.3 Å². The molecule has 3 aromatic carbocycles. The summed E-state index contributed by atoms with van der Waals surface area (Å²) >= 11 is 0. The number of fused-ring (bicyclic) bond motifs is 3. The average Bonchev–Trinajstić information content (AvgIpc) is 1.62. The molecule has 0 aromatic heterocycles. The lowest BCUT2D eigenvalue weighted by atomic mass is 9.87. The van der Waals surface area contributed by atoms with Crippen LogP contribution in [0.2, 0.25) is 0 Å². The van der Waals surface area contributed by atoms with Crippen LogP contribution in [0.3, 0.4) is 0 Å². The molecular weight excluding hydrogens is 1380 g/mol. The normalized spacial score (nSPS) is 23.7. The Bertz CT molecular complexity index is 3730. The van der Waals surface area contributed by atoms with Gasteiger partial charge in [0.1, 0.15) is 23.9 Å². The number of halogens is 7. The molecule has 12 amide bonds. The number of hydrogen-bond donors (Lipinski definition) is 8. The van der Waals surface area contributed by atoms with Crippen molar-refractivity contribution in [1.82, 2.24) is 46.6 Å². The SMILES string of the molecule is C.C.CCC1CC=CCC1NC.CN[C@@H]1CC=CC[C@H]1N(C)c1ccc2c(c1)C(=O)N(C1CCC(=O)NC1=O)C2=O.CN[C@H]1CC=CC[C@@H]1N(C)c1ccc2c(c1)C(=O)N(C1CCC(=O)NC1=O)C2=O.O=C(O)C(F)(F)F.O=C(O)C(F)(F)F.O=C1CCC(N2C(=O)c3ccc(F)cc3C2=O)C(=O)N1. The van der Waals surface area contributed by atoms with E-state index in [9.17, 15) is 88.3 Å². The fourth-order valence-electron chi connectivity index (χ4n) is 12.9. The number of carbonyl (C=O) groups excluding carboxylic acids is 12. The minimum absolute atomic E-state index is 0. The third kappa shape index (κ3) is 19.5. The number of amides is 12. The molecule has 0 spiro atoms. The third-order valence-electron chi connectivity index (χ3n) is 18.5. The number of carboxylic acids is 2. The molecule has 9 aliphatic rings. The number of likely N-dealkylation sites (N-methyl/N-ethyl adjacent to an activating group) is 4. The highest BCUT2D eigenvalue weighted by Crippen LogP contribution is 2.35. The van der Waals surface area contributed by atoms with Crippen LogP contribution in [0, 0.1) is 11.7 Å². The number of aliphatic carboxylic acids is 2. The number of nitrogens with one attached hydrogen (secondary N) is 6. The number of carbonyl (C=O) groups is 14. The van der Waals surface area contributed by atoms with Crippen LogP contribution in [0.5, 0.6) is 0 Å². The third-order valence-corrected chi connectivity index (χ3v) is 18.5. The highest BCUT2D eigenvalue weighted by molar-refractivity contribution is 6.25. The number of piperidine rings is 3. The Labute approximate surface area is 594 Å². The van der Waals surface area contributed by atoms with Gasteiger partial charge in [-0.1, -0.05) is 64.7 Å². The van der Waals surface area contributed by atoms with Crippen LogP contribution in [0.15, 0.2) is 91.1 Å². The Morgan fingerprint density at radius 3 is 1.02 bits per heavy atom. The number of imide groups is 6. The topological polar surface area (TPSA) is 368 Å². The highest BCUT2D eigenvalue weighted by Gasteiger charge is 2.48. The molecular formula is C70H84F7N11O16. The van der Waals surface area contributed by atoms with Gasteiger partial charge in [-0.15, -0.1) is 0 Å². The zero-order chi connectivity index (χ0) is 75.4. The van der Waals surface area contributed by atoms with E-state index in [0.717, 1.165) is 75.9 Å². The van der Waals surface area contributed by atoms with Crippen molar-refractivity contribution in [3.63, 3.8) is 0 Å². The highest BCUT2D eigenvalue weighted by atomic mass is 19.4. The Morgan fingerprint density at radius 2 is 0.731 bits per heavy atom. The van der Waals surface area contributed by atoms with E-state index < -0.39 is 107 Å². The van der Waals surface area contributed by atoms with Crippen molar-refractivity contribution in [2.45, 2.75) is 166 Å². The first-order chi connectivity index (χ1) is 48.1. The number of benzene rings is 3. The summed E-state index contributed by atoms with van der Waals surface area (Å²) < 4.78 is 76.6. The molecule has 27 nitrogen and oxygen atoms in total. The second kappa shape index (κ2) is 36.2. The van der Waals surface area contributed by atoms with Gasteiger partial charge in [0.2, 0.25) is 35.4 Å². The second-order valence-electron chi connectivity index (χ2n) is 24.6. The van der Waals surface area contributed by atoms with E-state index >= 15 is 0 Å². The van der Waals surface area contributed by atoms with Crippen LogP contribution < -0.4 is 41.7 Å². The van der Waals surface area contributed by atoms with Crippen molar-refractivity contribution < 1.29 is 108 Å². The van der Waals surface area contributed by atoms with Crippen LogP contribution in [0.1, 0.15) is 167 Å². The van der Waals surface area contributed by atoms with Crippen LogP contribution in [-0.4, -0.2) is 204 Å². The molecule has 3 fully saturated rings. The molecule has 3 aliphatic carbocycles. The number of hydrogen-bond acceptors (Lipinski definition) is 19.